The second kappa shape index (κ2) is 4.33. The summed E-state index contributed by atoms with van der Waals surface area (Å²) in [6.45, 7) is 0. The molecule has 0 aliphatic heterocycles. The molecule has 3 rings (SSSR count). The standard InChI is InChI=1S/C14H12N4/c15-14-6-5-11(8-17-14)18-13-9-16-7-10-3-1-2-4-12(10)13/h1-9,18H,(H2,15,17). The molecular formula is C14H12N4. The number of fused-ring (bicyclic) bond motifs is 1. The lowest BCUT2D eigenvalue weighted by Crippen LogP contribution is -1.95. The quantitative estimate of drug-likeness (QED) is 0.718. The molecule has 0 amide bonds. The van der Waals surface area contributed by atoms with Gasteiger partial charge in [-0.05, 0) is 12.1 Å². The Kier molecular flexibility index (Phi) is 2.53. The highest BCUT2D eigenvalue weighted by molar-refractivity contribution is 5.94. The van der Waals surface area contributed by atoms with E-state index in [9.17, 15) is 0 Å². The normalized spacial score (nSPS) is 10.4. The van der Waals surface area contributed by atoms with Crippen LogP contribution < -0.4 is 11.1 Å². The third-order valence-corrected chi connectivity index (χ3v) is 2.73. The fourth-order valence-corrected chi connectivity index (χ4v) is 1.85. The Morgan fingerprint density at radius 2 is 1.83 bits per heavy atom. The van der Waals surface area contributed by atoms with Crippen LogP contribution in [0, 0.1) is 0 Å². The molecule has 0 unspecified atom stereocenters. The molecule has 3 N–H and O–H groups in total. The molecular weight excluding hydrogens is 224 g/mol. The van der Waals surface area contributed by atoms with E-state index in [0.29, 0.717) is 5.82 Å². The molecule has 18 heavy (non-hydrogen) atoms. The maximum atomic E-state index is 5.56. The van der Waals surface area contributed by atoms with Gasteiger partial charge in [0.25, 0.3) is 0 Å². The van der Waals surface area contributed by atoms with Crippen molar-refractivity contribution in [2.24, 2.45) is 0 Å². The zero-order valence-corrected chi connectivity index (χ0v) is 9.67. The molecule has 0 saturated carbocycles. The summed E-state index contributed by atoms with van der Waals surface area (Å²) in [6.07, 6.45) is 5.36. The van der Waals surface area contributed by atoms with E-state index in [-0.39, 0.29) is 0 Å². The van der Waals surface area contributed by atoms with E-state index in [1.165, 1.54) is 0 Å². The molecule has 0 radical (unpaired) electrons. The van der Waals surface area contributed by atoms with Gasteiger partial charge in [-0.1, -0.05) is 24.3 Å². The zero-order valence-electron chi connectivity index (χ0n) is 9.67. The Balaban J connectivity index is 2.02. The molecule has 2 heterocycles. The summed E-state index contributed by atoms with van der Waals surface area (Å²) >= 11 is 0. The number of benzene rings is 1. The van der Waals surface area contributed by atoms with Crippen molar-refractivity contribution in [2.45, 2.75) is 0 Å². The number of nitrogen functional groups attached to an aromatic ring is 1. The predicted molar refractivity (Wildman–Crippen MR) is 73.7 cm³/mol. The summed E-state index contributed by atoms with van der Waals surface area (Å²) in [7, 11) is 0. The molecule has 4 nitrogen and oxygen atoms in total. The summed E-state index contributed by atoms with van der Waals surface area (Å²) < 4.78 is 0. The van der Waals surface area contributed by atoms with Crippen molar-refractivity contribution < 1.29 is 0 Å². The Bertz CT molecular complexity index is 671. The minimum Gasteiger partial charge on any atom is -0.384 e. The summed E-state index contributed by atoms with van der Waals surface area (Å²) in [5.74, 6) is 0.511. The highest BCUT2D eigenvalue weighted by Gasteiger charge is 2.01. The van der Waals surface area contributed by atoms with Crippen LogP contribution in [0.3, 0.4) is 0 Å². The van der Waals surface area contributed by atoms with E-state index in [4.69, 9.17) is 5.73 Å². The van der Waals surface area contributed by atoms with Crippen LogP contribution >= 0.6 is 0 Å². The van der Waals surface area contributed by atoms with Gasteiger partial charge in [-0.3, -0.25) is 4.98 Å². The molecule has 1 aromatic carbocycles. The molecule has 0 aliphatic carbocycles. The van der Waals surface area contributed by atoms with Crippen LogP contribution in [0.1, 0.15) is 0 Å². The first kappa shape index (κ1) is 10.5. The molecule has 0 bridgehead atoms. The van der Waals surface area contributed by atoms with E-state index >= 15 is 0 Å². The SMILES string of the molecule is Nc1ccc(Nc2cncc3ccccc23)cn1. The average Bonchev–Trinajstić information content (AvgIpc) is 2.42. The van der Waals surface area contributed by atoms with Crippen molar-refractivity contribution in [2.75, 3.05) is 11.1 Å². The largest absolute Gasteiger partial charge is 0.384 e. The molecule has 0 aliphatic rings. The van der Waals surface area contributed by atoms with Gasteiger partial charge in [0.1, 0.15) is 5.82 Å². The predicted octanol–water partition coefficient (Wildman–Crippen LogP) is 2.96. The maximum Gasteiger partial charge on any atom is 0.123 e. The van der Waals surface area contributed by atoms with Gasteiger partial charge in [-0.2, -0.15) is 0 Å². The van der Waals surface area contributed by atoms with Gasteiger partial charge in [0.05, 0.1) is 23.8 Å². The molecule has 88 valence electrons. The molecule has 2 aromatic heterocycles. The van der Waals surface area contributed by atoms with Crippen LogP contribution in [0.2, 0.25) is 0 Å². The molecule has 0 fully saturated rings. The Morgan fingerprint density at radius 1 is 0.944 bits per heavy atom. The minimum atomic E-state index is 0.511. The lowest BCUT2D eigenvalue weighted by atomic mass is 10.1. The average molecular weight is 236 g/mol. The summed E-state index contributed by atoms with van der Waals surface area (Å²) in [5, 5.41) is 5.53. The number of nitrogens with zero attached hydrogens (tertiary/aromatic N) is 2. The van der Waals surface area contributed by atoms with E-state index in [1.54, 1.807) is 18.5 Å². The number of nitrogens with two attached hydrogens (primary N) is 1. The maximum absolute atomic E-state index is 5.56. The summed E-state index contributed by atoms with van der Waals surface area (Å²) in [6, 6.07) is 11.8. The Morgan fingerprint density at radius 3 is 2.67 bits per heavy atom. The van der Waals surface area contributed by atoms with Crippen molar-refractivity contribution in [3.05, 3.63) is 55.0 Å². The third-order valence-electron chi connectivity index (χ3n) is 2.73. The number of anilines is 3. The van der Waals surface area contributed by atoms with Gasteiger partial charge in [0, 0.05) is 17.0 Å². The summed E-state index contributed by atoms with van der Waals surface area (Å²) in [4.78, 5) is 8.27. The van der Waals surface area contributed by atoms with Crippen LogP contribution in [0.4, 0.5) is 17.2 Å². The van der Waals surface area contributed by atoms with Gasteiger partial charge in [-0.15, -0.1) is 0 Å². The Labute approximate surface area is 104 Å². The monoisotopic (exact) mass is 236 g/mol. The Hall–Kier alpha value is -2.62. The molecule has 0 spiro atoms. The second-order valence-corrected chi connectivity index (χ2v) is 4.00. The van der Waals surface area contributed by atoms with Crippen LogP contribution in [-0.4, -0.2) is 9.97 Å². The first-order valence-electron chi connectivity index (χ1n) is 5.64. The van der Waals surface area contributed by atoms with Crippen molar-refractivity contribution in [1.82, 2.24) is 9.97 Å². The van der Waals surface area contributed by atoms with Crippen LogP contribution in [-0.2, 0) is 0 Å². The van der Waals surface area contributed by atoms with E-state index in [2.05, 4.69) is 21.4 Å². The van der Waals surface area contributed by atoms with Gasteiger partial charge in [0.15, 0.2) is 0 Å². The van der Waals surface area contributed by atoms with Crippen LogP contribution in [0.25, 0.3) is 10.8 Å². The molecule has 3 aromatic rings. The lowest BCUT2D eigenvalue weighted by Gasteiger charge is -2.08. The number of hydrogen-bond acceptors (Lipinski definition) is 4. The molecule has 0 atom stereocenters. The van der Waals surface area contributed by atoms with Crippen molar-refractivity contribution in [3.63, 3.8) is 0 Å². The molecule has 4 heteroatoms. The topological polar surface area (TPSA) is 63.8 Å². The van der Waals surface area contributed by atoms with E-state index in [0.717, 1.165) is 22.1 Å². The van der Waals surface area contributed by atoms with Crippen molar-refractivity contribution in [3.8, 4) is 0 Å². The smallest absolute Gasteiger partial charge is 0.123 e. The zero-order chi connectivity index (χ0) is 12.4. The number of rotatable bonds is 2. The van der Waals surface area contributed by atoms with E-state index in [1.807, 2.05) is 30.5 Å². The number of pyridine rings is 2. The number of nitrogens with one attached hydrogen (secondary N) is 1. The van der Waals surface area contributed by atoms with Crippen molar-refractivity contribution in [1.29, 1.82) is 0 Å². The van der Waals surface area contributed by atoms with Crippen molar-refractivity contribution >= 4 is 28.0 Å². The number of aromatic nitrogens is 2. The highest BCUT2D eigenvalue weighted by Crippen LogP contribution is 2.24. The summed E-state index contributed by atoms with van der Waals surface area (Å²) in [5.41, 5.74) is 7.41. The first-order valence-corrected chi connectivity index (χ1v) is 5.64. The van der Waals surface area contributed by atoms with Gasteiger partial charge >= 0.3 is 0 Å². The lowest BCUT2D eigenvalue weighted by molar-refractivity contribution is 1.32. The highest BCUT2D eigenvalue weighted by atomic mass is 14.9. The van der Waals surface area contributed by atoms with Crippen LogP contribution in [0.15, 0.2) is 55.0 Å². The fraction of sp³-hybridized carbons (Fsp3) is 0. The van der Waals surface area contributed by atoms with Gasteiger partial charge in [-0.25, -0.2) is 4.98 Å². The second-order valence-electron chi connectivity index (χ2n) is 4.00. The molecule has 0 saturated heterocycles. The van der Waals surface area contributed by atoms with E-state index < -0.39 is 0 Å². The first-order chi connectivity index (χ1) is 8.83. The van der Waals surface area contributed by atoms with Gasteiger partial charge in [0.2, 0.25) is 0 Å². The third kappa shape index (κ3) is 1.96. The van der Waals surface area contributed by atoms with Gasteiger partial charge < -0.3 is 11.1 Å². The number of hydrogen-bond donors (Lipinski definition) is 2. The minimum absolute atomic E-state index is 0.511. The fourth-order valence-electron chi connectivity index (χ4n) is 1.85. The van der Waals surface area contributed by atoms with Crippen LogP contribution in [0.5, 0.6) is 0 Å².